The summed E-state index contributed by atoms with van der Waals surface area (Å²) in [5.41, 5.74) is 8.22. The fraction of sp³-hybridized carbons (Fsp3) is 0.406. The van der Waals surface area contributed by atoms with Crippen molar-refractivity contribution in [3.63, 3.8) is 0 Å². The molecule has 0 spiro atoms. The molecule has 0 saturated carbocycles. The van der Waals surface area contributed by atoms with Crippen LogP contribution in [0.5, 0.6) is 0 Å². The van der Waals surface area contributed by atoms with Gasteiger partial charge in [-0.05, 0) is 81.5 Å². The average Bonchev–Trinajstić information content (AvgIpc) is 3.23. The molecule has 0 fully saturated rings. The maximum Gasteiger partial charge on any atom is 0.151 e. The first-order valence-electron chi connectivity index (χ1n) is 13.6. The van der Waals surface area contributed by atoms with Crippen LogP contribution in [-0.2, 0) is 0 Å². The van der Waals surface area contributed by atoms with Crippen LogP contribution in [0.4, 0.5) is 4.39 Å². The second kappa shape index (κ2) is 12.8. The fourth-order valence-electron chi connectivity index (χ4n) is 5.15. The third kappa shape index (κ3) is 5.82. The molecule has 196 valence electrons. The van der Waals surface area contributed by atoms with Crippen molar-refractivity contribution in [3.8, 4) is 11.1 Å². The van der Waals surface area contributed by atoms with E-state index in [0.29, 0.717) is 11.6 Å². The number of hydrogen-bond acceptors (Lipinski definition) is 3. The monoisotopic (exact) mass is 500 g/mol. The topological polar surface area (TPSA) is 43.6 Å². The largest absolute Gasteiger partial charge is 0.325 e. The Morgan fingerprint density at radius 2 is 1.73 bits per heavy atom. The van der Waals surface area contributed by atoms with Crippen LogP contribution in [0.1, 0.15) is 94.6 Å². The normalized spacial score (nSPS) is 11.7. The molecule has 0 atom stereocenters. The Balaban J connectivity index is 0.00000186. The molecule has 0 bridgehead atoms. The lowest BCUT2D eigenvalue weighted by molar-refractivity contribution is 0.428. The quantitative estimate of drug-likeness (QED) is 0.242. The molecule has 0 N–H and O–H groups in total. The molecule has 1 aromatic carbocycles. The highest BCUT2D eigenvalue weighted by atomic mass is 19.1. The molecule has 37 heavy (non-hydrogen) atoms. The SMILES string of the molecule is C/C=C(/c1cc(F)c2nc(C)n(C(CCC)CCC)c2c1)c1cc(-c2cnccc2C)cnc1C.CC. The zero-order chi connectivity index (χ0) is 27.1. The molecular formula is C32H41FN4. The molecule has 0 radical (unpaired) electrons. The number of aryl methyl sites for hydroxylation is 3. The maximum atomic E-state index is 15.5. The molecule has 0 aliphatic rings. The van der Waals surface area contributed by atoms with E-state index in [-0.39, 0.29) is 5.82 Å². The molecule has 0 unspecified atom stereocenters. The van der Waals surface area contributed by atoms with Crippen molar-refractivity contribution in [1.29, 1.82) is 0 Å². The van der Waals surface area contributed by atoms with Crippen LogP contribution < -0.4 is 0 Å². The molecule has 4 aromatic rings. The summed E-state index contributed by atoms with van der Waals surface area (Å²) in [4.78, 5) is 13.6. The predicted octanol–water partition coefficient (Wildman–Crippen LogP) is 9.18. The van der Waals surface area contributed by atoms with Crippen molar-refractivity contribution in [2.75, 3.05) is 0 Å². The summed E-state index contributed by atoms with van der Waals surface area (Å²) >= 11 is 0. The van der Waals surface area contributed by atoms with Crippen LogP contribution in [-0.4, -0.2) is 19.5 Å². The Morgan fingerprint density at radius 1 is 1.03 bits per heavy atom. The van der Waals surface area contributed by atoms with Gasteiger partial charge in [-0.1, -0.05) is 46.6 Å². The third-order valence-electron chi connectivity index (χ3n) is 6.86. The van der Waals surface area contributed by atoms with Crippen LogP contribution in [0, 0.1) is 26.6 Å². The van der Waals surface area contributed by atoms with E-state index >= 15 is 4.39 Å². The maximum absolute atomic E-state index is 15.5. The number of hydrogen-bond donors (Lipinski definition) is 0. The lowest BCUT2D eigenvalue weighted by Gasteiger charge is -2.20. The van der Waals surface area contributed by atoms with E-state index in [0.717, 1.165) is 76.1 Å². The average molecular weight is 501 g/mol. The molecular weight excluding hydrogens is 459 g/mol. The molecule has 4 nitrogen and oxygen atoms in total. The zero-order valence-electron chi connectivity index (χ0n) is 23.7. The van der Waals surface area contributed by atoms with E-state index in [1.165, 1.54) is 0 Å². The van der Waals surface area contributed by atoms with Gasteiger partial charge in [0.2, 0.25) is 0 Å². The first-order valence-corrected chi connectivity index (χ1v) is 13.6. The van der Waals surface area contributed by atoms with Crippen LogP contribution >= 0.6 is 0 Å². The molecule has 5 heteroatoms. The summed E-state index contributed by atoms with van der Waals surface area (Å²) in [5.74, 6) is 0.590. The highest BCUT2D eigenvalue weighted by Crippen LogP contribution is 2.35. The van der Waals surface area contributed by atoms with Gasteiger partial charge in [-0.15, -0.1) is 0 Å². The Labute approximate surface area is 221 Å². The minimum atomic E-state index is -0.282. The summed E-state index contributed by atoms with van der Waals surface area (Å²) in [5, 5.41) is 0. The number of halogens is 1. The smallest absolute Gasteiger partial charge is 0.151 e. The van der Waals surface area contributed by atoms with E-state index in [1.54, 1.807) is 12.3 Å². The van der Waals surface area contributed by atoms with Gasteiger partial charge >= 0.3 is 0 Å². The molecule has 0 aliphatic heterocycles. The number of rotatable bonds is 8. The Kier molecular flexibility index (Phi) is 9.73. The second-order valence-electron chi connectivity index (χ2n) is 9.34. The molecule has 0 saturated heterocycles. The highest BCUT2D eigenvalue weighted by Gasteiger charge is 2.21. The Hall–Kier alpha value is -3.34. The van der Waals surface area contributed by atoms with Crippen molar-refractivity contribution in [2.45, 2.75) is 87.1 Å². The van der Waals surface area contributed by atoms with E-state index in [4.69, 9.17) is 4.98 Å². The number of fused-ring (bicyclic) bond motifs is 1. The summed E-state index contributed by atoms with van der Waals surface area (Å²) in [6, 6.07) is 8.18. The van der Waals surface area contributed by atoms with Crippen molar-refractivity contribution in [3.05, 3.63) is 83.0 Å². The first kappa shape index (κ1) is 28.2. The van der Waals surface area contributed by atoms with Crippen LogP contribution in [0.25, 0.3) is 27.7 Å². The predicted molar refractivity (Wildman–Crippen MR) is 154 cm³/mol. The Bertz CT molecular complexity index is 1380. The molecule has 3 heterocycles. The highest BCUT2D eigenvalue weighted by molar-refractivity contribution is 5.88. The molecule has 0 aliphatic carbocycles. The van der Waals surface area contributed by atoms with Crippen molar-refractivity contribution in [1.82, 2.24) is 19.5 Å². The number of aromatic nitrogens is 4. The van der Waals surface area contributed by atoms with Crippen molar-refractivity contribution in [2.24, 2.45) is 0 Å². The number of nitrogens with zero attached hydrogens (tertiary/aromatic N) is 4. The van der Waals surface area contributed by atoms with E-state index in [1.807, 2.05) is 59.2 Å². The van der Waals surface area contributed by atoms with Gasteiger partial charge in [0, 0.05) is 47.0 Å². The van der Waals surface area contributed by atoms with Crippen molar-refractivity contribution < 1.29 is 4.39 Å². The molecule has 0 amide bonds. The fourth-order valence-corrected chi connectivity index (χ4v) is 5.15. The van der Waals surface area contributed by atoms with Gasteiger partial charge in [0.25, 0.3) is 0 Å². The minimum absolute atomic E-state index is 0.282. The summed E-state index contributed by atoms with van der Waals surface area (Å²) in [6.07, 6.45) is 11.9. The van der Waals surface area contributed by atoms with Crippen LogP contribution in [0.15, 0.2) is 48.9 Å². The van der Waals surface area contributed by atoms with Gasteiger partial charge < -0.3 is 4.57 Å². The first-order chi connectivity index (χ1) is 17.9. The number of allylic oxidation sites excluding steroid dienone is 1. The van der Waals surface area contributed by atoms with Gasteiger partial charge in [0.15, 0.2) is 5.82 Å². The van der Waals surface area contributed by atoms with E-state index < -0.39 is 0 Å². The van der Waals surface area contributed by atoms with Crippen LogP contribution in [0.3, 0.4) is 0 Å². The van der Waals surface area contributed by atoms with Gasteiger partial charge in [-0.25, -0.2) is 9.37 Å². The molecule has 3 aromatic heterocycles. The third-order valence-corrected chi connectivity index (χ3v) is 6.86. The number of benzene rings is 1. The standard InChI is InChI=1S/C30H35FN4.C2H6/c1-7-10-24(11-8-2)35-21(6)34-30-28(31)15-22(16-29(30)35)25(9-3)26-14-23(17-33-20(26)5)27-18-32-13-12-19(27)4;1-2/h9,12-18,24H,7-8,10-11H2,1-6H3;1-2H3/b25-9-;. The summed E-state index contributed by atoms with van der Waals surface area (Å²) in [6.45, 7) is 16.5. The van der Waals surface area contributed by atoms with Gasteiger partial charge in [-0.3, -0.25) is 9.97 Å². The lowest BCUT2D eigenvalue weighted by atomic mass is 9.93. The van der Waals surface area contributed by atoms with E-state index in [2.05, 4.69) is 47.4 Å². The number of pyridine rings is 2. The minimum Gasteiger partial charge on any atom is -0.325 e. The summed E-state index contributed by atoms with van der Waals surface area (Å²) < 4.78 is 17.7. The Morgan fingerprint density at radius 3 is 2.35 bits per heavy atom. The van der Waals surface area contributed by atoms with E-state index in [9.17, 15) is 0 Å². The van der Waals surface area contributed by atoms with Gasteiger partial charge in [0.05, 0.1) is 5.52 Å². The van der Waals surface area contributed by atoms with Crippen molar-refractivity contribution >= 4 is 16.6 Å². The second-order valence-corrected chi connectivity index (χ2v) is 9.34. The van der Waals surface area contributed by atoms with Gasteiger partial charge in [0.1, 0.15) is 11.3 Å². The van der Waals surface area contributed by atoms with Crippen LogP contribution in [0.2, 0.25) is 0 Å². The van der Waals surface area contributed by atoms with Gasteiger partial charge in [-0.2, -0.15) is 0 Å². The lowest BCUT2D eigenvalue weighted by Crippen LogP contribution is -2.10. The zero-order valence-corrected chi connectivity index (χ0v) is 23.7. The summed E-state index contributed by atoms with van der Waals surface area (Å²) in [7, 11) is 0. The molecule has 4 rings (SSSR count). The number of imidazole rings is 1.